The second-order valence-corrected chi connectivity index (χ2v) is 5.33. The van der Waals surface area contributed by atoms with E-state index in [0.717, 1.165) is 37.7 Å². The largest absolute Gasteiger partial charge is 0.353 e. The minimum absolute atomic E-state index is 0.295. The molecule has 0 saturated carbocycles. The molecule has 1 fully saturated rings. The molecular formula is C17H19N3O. The summed E-state index contributed by atoms with van der Waals surface area (Å²) in [5, 5.41) is 5.66. The summed E-state index contributed by atoms with van der Waals surface area (Å²) >= 11 is 0. The quantitative estimate of drug-likeness (QED) is 0.674. The number of aromatic nitrogens is 2. The van der Waals surface area contributed by atoms with Gasteiger partial charge in [-0.2, -0.15) is 0 Å². The molecule has 2 N–H and O–H groups in total. The summed E-state index contributed by atoms with van der Waals surface area (Å²) in [6, 6.07) is 10.3. The van der Waals surface area contributed by atoms with E-state index in [0.29, 0.717) is 5.92 Å². The number of nitrogens with zero attached hydrogens (tertiary/aromatic N) is 1. The predicted octanol–water partition coefficient (Wildman–Crippen LogP) is 2.90. The highest BCUT2D eigenvalue weighted by atomic mass is 16.1. The maximum atomic E-state index is 10.1. The lowest BCUT2D eigenvalue weighted by atomic mass is 10.0. The number of benzene rings is 1. The fraction of sp³-hybridized carbons (Fsp3) is 0.294. The van der Waals surface area contributed by atoms with Gasteiger partial charge in [0.1, 0.15) is 6.29 Å². The van der Waals surface area contributed by atoms with E-state index in [-0.39, 0.29) is 0 Å². The Morgan fingerprint density at radius 3 is 2.76 bits per heavy atom. The van der Waals surface area contributed by atoms with E-state index in [2.05, 4.69) is 33.5 Å². The summed E-state index contributed by atoms with van der Waals surface area (Å²) in [6.45, 7) is 1.98. The zero-order chi connectivity index (χ0) is 14.5. The number of aromatic amines is 1. The van der Waals surface area contributed by atoms with Crippen LogP contribution < -0.4 is 5.32 Å². The van der Waals surface area contributed by atoms with Crippen LogP contribution in [0.1, 0.15) is 12.8 Å². The zero-order valence-electron chi connectivity index (χ0n) is 11.9. The lowest BCUT2D eigenvalue weighted by molar-refractivity contribution is -0.111. The molecule has 1 aliphatic rings. The second kappa shape index (κ2) is 6.50. The number of nitrogens with one attached hydrogen (secondary N) is 2. The maximum absolute atomic E-state index is 10.1. The van der Waals surface area contributed by atoms with Crippen LogP contribution in [0.3, 0.4) is 0 Å². The van der Waals surface area contributed by atoms with Gasteiger partial charge < -0.3 is 15.1 Å². The first kappa shape index (κ1) is 13.8. The fourth-order valence-electron chi connectivity index (χ4n) is 2.70. The number of pyridine rings is 1. The number of fused-ring (bicyclic) bond motifs is 3. The van der Waals surface area contributed by atoms with Crippen LogP contribution in [0.25, 0.3) is 21.8 Å². The van der Waals surface area contributed by atoms with Gasteiger partial charge >= 0.3 is 0 Å². The van der Waals surface area contributed by atoms with E-state index >= 15 is 0 Å². The third-order valence-electron chi connectivity index (χ3n) is 3.84. The third-order valence-corrected chi connectivity index (χ3v) is 3.84. The van der Waals surface area contributed by atoms with Crippen LogP contribution in [-0.2, 0) is 4.79 Å². The molecule has 4 rings (SSSR count). The van der Waals surface area contributed by atoms with E-state index in [9.17, 15) is 4.79 Å². The summed E-state index contributed by atoms with van der Waals surface area (Å²) in [6.07, 6.45) is 6.96. The van der Waals surface area contributed by atoms with Gasteiger partial charge in [-0.1, -0.05) is 18.2 Å². The normalized spacial score (nSPS) is 18.2. The number of carbonyl (C=O) groups excluding carboxylic acids is 1. The molecule has 4 nitrogen and oxygen atoms in total. The average Bonchev–Trinajstić information content (AvgIpc) is 2.95. The zero-order valence-corrected chi connectivity index (χ0v) is 11.9. The van der Waals surface area contributed by atoms with E-state index in [1.807, 2.05) is 24.5 Å². The molecule has 4 heteroatoms. The Balaban J connectivity index is 0.000000143. The molecule has 21 heavy (non-hydrogen) atoms. The lowest BCUT2D eigenvalue weighted by Crippen LogP contribution is -2.30. The lowest BCUT2D eigenvalue weighted by Gasteiger charge is -2.16. The topological polar surface area (TPSA) is 57.8 Å². The monoisotopic (exact) mass is 281 g/mol. The Morgan fingerprint density at radius 1 is 1.14 bits per heavy atom. The van der Waals surface area contributed by atoms with Gasteiger partial charge in [-0.25, -0.2) is 0 Å². The molecule has 1 saturated heterocycles. The first-order chi connectivity index (χ1) is 10.4. The van der Waals surface area contributed by atoms with Crippen molar-refractivity contribution in [3.8, 4) is 0 Å². The van der Waals surface area contributed by atoms with Crippen LogP contribution in [0.2, 0.25) is 0 Å². The highest BCUT2D eigenvalue weighted by molar-refractivity contribution is 6.06. The highest BCUT2D eigenvalue weighted by Crippen LogP contribution is 2.23. The summed E-state index contributed by atoms with van der Waals surface area (Å²) in [5.41, 5.74) is 2.27. The van der Waals surface area contributed by atoms with Crippen LogP contribution in [0.4, 0.5) is 0 Å². The van der Waals surface area contributed by atoms with Gasteiger partial charge in [0, 0.05) is 34.9 Å². The van der Waals surface area contributed by atoms with Crippen LogP contribution in [-0.4, -0.2) is 29.3 Å². The number of aldehydes is 1. The molecule has 0 aliphatic carbocycles. The Kier molecular flexibility index (Phi) is 4.26. The molecule has 2 aromatic heterocycles. The van der Waals surface area contributed by atoms with Gasteiger partial charge in [0.05, 0.1) is 11.7 Å². The molecule has 1 aromatic carbocycles. The SMILES string of the molecule is O=CC1CCCNC1.c1ccc2c(c1)[nH]c1cnccc12. The number of para-hydroxylation sites is 1. The third kappa shape index (κ3) is 3.11. The highest BCUT2D eigenvalue weighted by Gasteiger charge is 2.09. The second-order valence-electron chi connectivity index (χ2n) is 5.33. The summed E-state index contributed by atoms with van der Waals surface area (Å²) in [5.74, 6) is 0.295. The number of piperidine rings is 1. The van der Waals surface area contributed by atoms with Crippen molar-refractivity contribution < 1.29 is 4.79 Å². The van der Waals surface area contributed by atoms with Gasteiger partial charge in [0.25, 0.3) is 0 Å². The van der Waals surface area contributed by atoms with E-state index < -0.39 is 0 Å². The number of carbonyl (C=O) groups is 1. The van der Waals surface area contributed by atoms with Crippen molar-refractivity contribution >= 4 is 28.1 Å². The van der Waals surface area contributed by atoms with Gasteiger partial charge in [0.15, 0.2) is 0 Å². The molecule has 3 aromatic rings. The molecular weight excluding hydrogens is 262 g/mol. The van der Waals surface area contributed by atoms with Crippen LogP contribution in [0.5, 0.6) is 0 Å². The average molecular weight is 281 g/mol. The molecule has 108 valence electrons. The van der Waals surface area contributed by atoms with E-state index in [1.165, 1.54) is 16.3 Å². The maximum Gasteiger partial charge on any atom is 0.124 e. The first-order valence-corrected chi connectivity index (χ1v) is 7.35. The molecule has 3 heterocycles. The number of H-pyrrole nitrogens is 1. The molecule has 1 atom stereocenters. The van der Waals surface area contributed by atoms with Crippen molar-refractivity contribution in [3.63, 3.8) is 0 Å². The Hall–Kier alpha value is -2.20. The Bertz CT molecular complexity index is 679. The van der Waals surface area contributed by atoms with Gasteiger partial charge in [-0.05, 0) is 31.5 Å². The summed E-state index contributed by atoms with van der Waals surface area (Å²) in [7, 11) is 0. The molecule has 1 unspecified atom stereocenters. The fourth-order valence-corrected chi connectivity index (χ4v) is 2.70. The minimum atomic E-state index is 0.295. The summed E-state index contributed by atoms with van der Waals surface area (Å²) < 4.78 is 0. The van der Waals surface area contributed by atoms with Gasteiger partial charge in [0.2, 0.25) is 0 Å². The van der Waals surface area contributed by atoms with Crippen molar-refractivity contribution in [2.75, 3.05) is 13.1 Å². The molecule has 1 aliphatic heterocycles. The Labute approximate surface area is 123 Å². The Morgan fingerprint density at radius 2 is 2.00 bits per heavy atom. The molecule has 0 radical (unpaired) electrons. The smallest absolute Gasteiger partial charge is 0.124 e. The van der Waals surface area contributed by atoms with Crippen molar-refractivity contribution in [1.82, 2.24) is 15.3 Å². The van der Waals surface area contributed by atoms with Crippen molar-refractivity contribution in [1.29, 1.82) is 0 Å². The van der Waals surface area contributed by atoms with E-state index in [4.69, 9.17) is 0 Å². The van der Waals surface area contributed by atoms with Gasteiger partial charge in [-0.3, -0.25) is 4.98 Å². The molecule has 0 spiro atoms. The molecule has 0 bridgehead atoms. The predicted molar refractivity (Wildman–Crippen MR) is 85.3 cm³/mol. The van der Waals surface area contributed by atoms with Crippen LogP contribution in [0, 0.1) is 5.92 Å². The first-order valence-electron chi connectivity index (χ1n) is 7.35. The number of hydrogen-bond acceptors (Lipinski definition) is 3. The van der Waals surface area contributed by atoms with Gasteiger partial charge in [-0.15, -0.1) is 0 Å². The number of hydrogen-bond donors (Lipinski definition) is 2. The molecule has 0 amide bonds. The summed E-state index contributed by atoms with van der Waals surface area (Å²) in [4.78, 5) is 17.5. The van der Waals surface area contributed by atoms with E-state index in [1.54, 1.807) is 0 Å². The standard InChI is InChI=1S/C11H8N2.C6H11NO/c1-2-4-10-8(3-1)9-5-6-12-7-11(9)13-10;8-5-6-2-1-3-7-4-6/h1-7,13H;5-7H,1-4H2. The number of rotatable bonds is 1. The van der Waals surface area contributed by atoms with Crippen molar-refractivity contribution in [2.24, 2.45) is 5.92 Å². The van der Waals surface area contributed by atoms with Crippen LogP contribution in [0.15, 0.2) is 42.7 Å². The van der Waals surface area contributed by atoms with Crippen molar-refractivity contribution in [3.05, 3.63) is 42.7 Å². The van der Waals surface area contributed by atoms with Crippen molar-refractivity contribution in [2.45, 2.75) is 12.8 Å². The minimum Gasteiger partial charge on any atom is -0.353 e. The van der Waals surface area contributed by atoms with Crippen LogP contribution >= 0.6 is 0 Å².